The van der Waals surface area contributed by atoms with Crippen LogP contribution in [0.15, 0.2) is 18.2 Å². The summed E-state index contributed by atoms with van der Waals surface area (Å²) in [5.74, 6) is -0.491. The van der Waals surface area contributed by atoms with E-state index < -0.39 is 11.6 Å². The van der Waals surface area contributed by atoms with Crippen LogP contribution in [0.3, 0.4) is 0 Å². The van der Waals surface area contributed by atoms with E-state index in [-0.39, 0.29) is 0 Å². The summed E-state index contributed by atoms with van der Waals surface area (Å²) in [7, 11) is 0. The SMILES string of the molecule is CC(CN)SCc1ccc(F)cc1F. The van der Waals surface area contributed by atoms with Crippen LogP contribution < -0.4 is 5.73 Å². The highest BCUT2D eigenvalue weighted by Gasteiger charge is 2.06. The second kappa shape index (κ2) is 5.32. The first-order chi connectivity index (χ1) is 6.63. The third-order valence-corrected chi connectivity index (χ3v) is 3.11. The molecule has 1 aromatic rings. The van der Waals surface area contributed by atoms with Crippen LogP contribution in [0.4, 0.5) is 8.78 Å². The van der Waals surface area contributed by atoms with Gasteiger partial charge in [0.15, 0.2) is 0 Å². The number of benzene rings is 1. The number of nitrogens with two attached hydrogens (primary N) is 1. The third-order valence-electron chi connectivity index (χ3n) is 1.87. The van der Waals surface area contributed by atoms with Crippen LogP contribution in [0.2, 0.25) is 0 Å². The molecule has 4 heteroatoms. The van der Waals surface area contributed by atoms with E-state index in [1.54, 1.807) is 11.8 Å². The molecular weight excluding hydrogens is 204 g/mol. The molecule has 78 valence electrons. The lowest BCUT2D eigenvalue weighted by Gasteiger charge is -2.08. The minimum absolute atomic E-state index is 0.291. The van der Waals surface area contributed by atoms with E-state index >= 15 is 0 Å². The molecule has 0 heterocycles. The van der Waals surface area contributed by atoms with Gasteiger partial charge in [0.25, 0.3) is 0 Å². The zero-order valence-corrected chi connectivity index (χ0v) is 8.78. The standard InChI is InChI=1S/C10H13F2NS/c1-7(5-13)14-6-8-2-3-9(11)4-10(8)12/h2-4,7H,5-6,13H2,1H3. The molecule has 1 rings (SSSR count). The van der Waals surface area contributed by atoms with Crippen LogP contribution >= 0.6 is 11.8 Å². The molecule has 1 aromatic carbocycles. The van der Waals surface area contributed by atoms with Gasteiger partial charge in [0, 0.05) is 23.6 Å². The molecular formula is C10H13F2NS. The Morgan fingerprint density at radius 2 is 2.14 bits per heavy atom. The quantitative estimate of drug-likeness (QED) is 0.838. The molecule has 0 spiro atoms. The van der Waals surface area contributed by atoms with Crippen molar-refractivity contribution in [3.05, 3.63) is 35.4 Å². The third kappa shape index (κ3) is 3.27. The van der Waals surface area contributed by atoms with Crippen molar-refractivity contribution in [1.82, 2.24) is 0 Å². The molecule has 1 nitrogen and oxygen atoms in total. The minimum atomic E-state index is -0.539. The molecule has 0 saturated carbocycles. The highest BCUT2D eigenvalue weighted by atomic mass is 32.2. The Hall–Kier alpha value is -0.610. The number of hydrogen-bond donors (Lipinski definition) is 1. The molecule has 14 heavy (non-hydrogen) atoms. The fourth-order valence-corrected chi connectivity index (χ4v) is 1.77. The lowest BCUT2D eigenvalue weighted by molar-refractivity contribution is 0.576. The number of halogens is 2. The summed E-state index contributed by atoms with van der Waals surface area (Å²) in [6.07, 6.45) is 0. The topological polar surface area (TPSA) is 26.0 Å². The minimum Gasteiger partial charge on any atom is -0.329 e. The van der Waals surface area contributed by atoms with Crippen molar-refractivity contribution in [3.8, 4) is 0 Å². The largest absolute Gasteiger partial charge is 0.329 e. The fourth-order valence-electron chi connectivity index (χ4n) is 0.939. The van der Waals surface area contributed by atoms with Gasteiger partial charge in [-0.2, -0.15) is 11.8 Å². The lowest BCUT2D eigenvalue weighted by Crippen LogP contribution is -2.12. The predicted octanol–water partition coefficient (Wildman–Crippen LogP) is 2.55. The molecule has 0 fully saturated rings. The predicted molar refractivity (Wildman–Crippen MR) is 56.2 cm³/mol. The Kier molecular flexibility index (Phi) is 4.35. The monoisotopic (exact) mass is 217 g/mol. The van der Waals surface area contributed by atoms with Crippen LogP contribution in [-0.4, -0.2) is 11.8 Å². The van der Waals surface area contributed by atoms with Crippen molar-refractivity contribution < 1.29 is 8.78 Å². The van der Waals surface area contributed by atoms with E-state index in [0.29, 0.717) is 23.1 Å². The van der Waals surface area contributed by atoms with Crippen LogP contribution in [0, 0.1) is 11.6 Å². The summed E-state index contributed by atoms with van der Waals surface area (Å²) in [6, 6.07) is 3.65. The average molecular weight is 217 g/mol. The smallest absolute Gasteiger partial charge is 0.130 e. The van der Waals surface area contributed by atoms with Gasteiger partial charge in [-0.3, -0.25) is 0 Å². The second-order valence-electron chi connectivity index (χ2n) is 3.09. The van der Waals surface area contributed by atoms with Gasteiger partial charge in [-0.15, -0.1) is 0 Å². The van der Waals surface area contributed by atoms with Crippen LogP contribution in [-0.2, 0) is 5.75 Å². The van der Waals surface area contributed by atoms with Crippen LogP contribution in [0.25, 0.3) is 0 Å². The first-order valence-corrected chi connectivity index (χ1v) is 5.44. The maximum atomic E-state index is 13.1. The number of hydrogen-bond acceptors (Lipinski definition) is 2. The Labute approximate surface area is 86.7 Å². The molecule has 1 atom stereocenters. The van der Waals surface area contributed by atoms with Gasteiger partial charge in [-0.25, -0.2) is 8.78 Å². The van der Waals surface area contributed by atoms with Crippen molar-refractivity contribution >= 4 is 11.8 Å². The summed E-state index contributed by atoms with van der Waals surface area (Å²) in [5.41, 5.74) is 5.95. The van der Waals surface area contributed by atoms with Crippen molar-refractivity contribution in [3.63, 3.8) is 0 Å². The summed E-state index contributed by atoms with van der Waals surface area (Å²) in [6.45, 7) is 2.54. The highest BCUT2D eigenvalue weighted by molar-refractivity contribution is 7.99. The summed E-state index contributed by atoms with van der Waals surface area (Å²) < 4.78 is 25.7. The molecule has 0 aliphatic heterocycles. The normalized spacial score (nSPS) is 12.9. The number of rotatable bonds is 4. The zero-order chi connectivity index (χ0) is 10.6. The summed E-state index contributed by atoms with van der Waals surface area (Å²) >= 11 is 1.56. The van der Waals surface area contributed by atoms with Crippen LogP contribution in [0.5, 0.6) is 0 Å². The van der Waals surface area contributed by atoms with Crippen molar-refractivity contribution in [2.24, 2.45) is 5.73 Å². The fraction of sp³-hybridized carbons (Fsp3) is 0.400. The summed E-state index contributed by atoms with van der Waals surface area (Å²) in [5, 5.41) is 0.291. The van der Waals surface area contributed by atoms with Gasteiger partial charge in [-0.1, -0.05) is 13.0 Å². The zero-order valence-electron chi connectivity index (χ0n) is 7.97. The molecule has 0 aliphatic rings. The molecule has 0 saturated heterocycles. The Bertz CT molecular complexity index is 304. The number of thioether (sulfide) groups is 1. The Morgan fingerprint density at radius 3 is 2.71 bits per heavy atom. The molecule has 0 amide bonds. The lowest BCUT2D eigenvalue weighted by atomic mass is 10.2. The van der Waals surface area contributed by atoms with E-state index in [4.69, 9.17) is 5.73 Å². The average Bonchev–Trinajstić information content (AvgIpc) is 2.16. The first-order valence-electron chi connectivity index (χ1n) is 4.39. The Morgan fingerprint density at radius 1 is 1.43 bits per heavy atom. The maximum Gasteiger partial charge on any atom is 0.130 e. The van der Waals surface area contributed by atoms with E-state index in [2.05, 4.69) is 0 Å². The molecule has 0 aliphatic carbocycles. The van der Waals surface area contributed by atoms with Crippen LogP contribution in [0.1, 0.15) is 12.5 Å². The maximum absolute atomic E-state index is 13.1. The van der Waals surface area contributed by atoms with Crippen molar-refractivity contribution in [2.75, 3.05) is 6.54 Å². The van der Waals surface area contributed by atoms with Crippen molar-refractivity contribution in [1.29, 1.82) is 0 Å². The van der Waals surface area contributed by atoms with Crippen molar-refractivity contribution in [2.45, 2.75) is 17.9 Å². The molecule has 1 unspecified atom stereocenters. The van der Waals surface area contributed by atoms with Gasteiger partial charge in [0.2, 0.25) is 0 Å². The van der Waals surface area contributed by atoms with Gasteiger partial charge in [0.05, 0.1) is 0 Å². The highest BCUT2D eigenvalue weighted by Crippen LogP contribution is 2.19. The molecule has 2 N–H and O–H groups in total. The molecule has 0 bridgehead atoms. The molecule has 0 radical (unpaired) electrons. The van der Waals surface area contributed by atoms with E-state index in [0.717, 1.165) is 6.07 Å². The van der Waals surface area contributed by atoms with Gasteiger partial charge < -0.3 is 5.73 Å². The molecule has 0 aromatic heterocycles. The summed E-state index contributed by atoms with van der Waals surface area (Å²) in [4.78, 5) is 0. The Balaban J connectivity index is 2.59. The van der Waals surface area contributed by atoms with Gasteiger partial charge in [0.1, 0.15) is 11.6 Å². The van der Waals surface area contributed by atoms with Gasteiger partial charge >= 0.3 is 0 Å². The van der Waals surface area contributed by atoms with E-state index in [1.165, 1.54) is 12.1 Å². The second-order valence-corrected chi connectivity index (χ2v) is 4.52. The first kappa shape index (κ1) is 11.5. The van der Waals surface area contributed by atoms with E-state index in [1.807, 2.05) is 6.92 Å². The van der Waals surface area contributed by atoms with Gasteiger partial charge in [-0.05, 0) is 11.6 Å². The van der Waals surface area contributed by atoms with E-state index in [9.17, 15) is 8.78 Å².